The van der Waals surface area contributed by atoms with Gasteiger partial charge in [0.05, 0.1) is 19.8 Å². The van der Waals surface area contributed by atoms with E-state index >= 15 is 0 Å². The molecule has 7 heteroatoms. The molecule has 0 saturated carbocycles. The predicted molar refractivity (Wildman–Crippen MR) is 111 cm³/mol. The summed E-state index contributed by atoms with van der Waals surface area (Å²) in [6.45, 7) is 9.93. The highest BCUT2D eigenvalue weighted by atomic mass is 16.6. The van der Waals surface area contributed by atoms with E-state index < -0.39 is 18.5 Å². The van der Waals surface area contributed by atoms with E-state index in [9.17, 15) is 9.59 Å². The summed E-state index contributed by atoms with van der Waals surface area (Å²) in [6.07, 6.45) is 0. The molecule has 0 saturated heterocycles. The Morgan fingerprint density at radius 1 is 0.897 bits per heavy atom. The van der Waals surface area contributed by atoms with Gasteiger partial charge < -0.3 is 18.9 Å². The zero-order valence-corrected chi connectivity index (χ0v) is 18.5. The maximum absolute atomic E-state index is 12.3. The lowest BCUT2D eigenvalue weighted by Crippen LogP contribution is -2.36. The van der Waals surface area contributed by atoms with Crippen LogP contribution in [-0.2, 0) is 23.8 Å². The number of benzene rings is 1. The molecule has 0 aliphatic rings. The Kier molecular flexibility index (Phi) is 11.5. The number of carbonyl (C=O) groups is 2. The van der Waals surface area contributed by atoms with E-state index in [2.05, 4.69) is 0 Å². The molecule has 0 aliphatic carbocycles. The molecule has 0 unspecified atom stereocenters. The largest absolute Gasteiger partial charge is 0.453 e. The van der Waals surface area contributed by atoms with Crippen LogP contribution in [0, 0.1) is 0 Å². The van der Waals surface area contributed by atoms with Gasteiger partial charge in [-0.2, -0.15) is 0 Å². The summed E-state index contributed by atoms with van der Waals surface area (Å²) in [5.41, 5.74) is 1.92. The van der Waals surface area contributed by atoms with Gasteiger partial charge in [0.2, 0.25) is 0 Å². The number of esters is 2. The lowest BCUT2D eigenvalue weighted by atomic mass is 9.94. The van der Waals surface area contributed by atoms with Gasteiger partial charge in [0.15, 0.2) is 6.61 Å². The zero-order chi connectivity index (χ0) is 21.8. The third-order valence-electron chi connectivity index (χ3n) is 4.46. The molecule has 0 atom stereocenters. The summed E-state index contributed by atoms with van der Waals surface area (Å²) in [5.74, 6) is -0.104. The second-order valence-corrected chi connectivity index (χ2v) is 7.47. The molecule has 0 aromatic heterocycles. The highest BCUT2D eigenvalue weighted by Gasteiger charge is 2.19. The van der Waals surface area contributed by atoms with Crippen molar-refractivity contribution in [2.75, 3.05) is 53.7 Å². The topological polar surface area (TPSA) is 74.3 Å². The van der Waals surface area contributed by atoms with Gasteiger partial charge in [-0.1, -0.05) is 45.9 Å². The van der Waals surface area contributed by atoms with Gasteiger partial charge in [-0.25, -0.2) is 4.79 Å². The summed E-state index contributed by atoms with van der Waals surface area (Å²) in [5, 5.41) is 0. The van der Waals surface area contributed by atoms with E-state index in [-0.39, 0.29) is 18.4 Å². The molecule has 1 rings (SSSR count). The fourth-order valence-corrected chi connectivity index (χ4v) is 2.82. The van der Waals surface area contributed by atoms with E-state index in [0.717, 1.165) is 11.1 Å². The third kappa shape index (κ3) is 8.94. The number of hydrogen-bond donors (Lipinski definition) is 0. The van der Waals surface area contributed by atoms with Crippen molar-refractivity contribution in [3.8, 4) is 5.75 Å². The highest BCUT2D eigenvalue weighted by Crippen LogP contribution is 2.34. The summed E-state index contributed by atoms with van der Waals surface area (Å²) in [4.78, 5) is 26.3. The number of carbonyl (C=O) groups excluding carboxylic acids is 2. The lowest BCUT2D eigenvalue weighted by molar-refractivity contribution is -0.154. The van der Waals surface area contributed by atoms with Crippen molar-refractivity contribution in [2.24, 2.45) is 0 Å². The van der Waals surface area contributed by atoms with Gasteiger partial charge >= 0.3 is 11.9 Å². The maximum atomic E-state index is 12.3. The molecule has 164 valence electrons. The Balaban J connectivity index is 2.68. The summed E-state index contributed by atoms with van der Waals surface area (Å²) < 4.78 is 20.8. The standard InChI is InChI=1S/C22H35NO6/c1-16(2)18-8-7-9-19(17(3)4)22(18)29-21(25)15-28-20(24)14-23(10-12-26-5)11-13-27-6/h7-9,16-17H,10-15H2,1-6H3. The first kappa shape index (κ1) is 25.1. The molecule has 7 nitrogen and oxygen atoms in total. The number of rotatable bonds is 13. The smallest absolute Gasteiger partial charge is 0.349 e. The van der Waals surface area contributed by atoms with Crippen LogP contribution in [0.3, 0.4) is 0 Å². The van der Waals surface area contributed by atoms with Crippen molar-refractivity contribution in [2.45, 2.75) is 39.5 Å². The summed E-state index contributed by atoms with van der Waals surface area (Å²) in [7, 11) is 3.20. The van der Waals surface area contributed by atoms with Gasteiger partial charge in [-0.05, 0) is 23.0 Å². The second kappa shape index (κ2) is 13.3. The Morgan fingerprint density at radius 3 is 1.86 bits per heavy atom. The van der Waals surface area contributed by atoms with Crippen molar-refractivity contribution in [1.29, 1.82) is 0 Å². The molecule has 0 fully saturated rings. The van der Waals surface area contributed by atoms with E-state index in [1.165, 1.54) is 0 Å². The quantitative estimate of drug-likeness (QED) is 0.366. The number of para-hydroxylation sites is 1. The third-order valence-corrected chi connectivity index (χ3v) is 4.46. The molecular weight excluding hydrogens is 374 g/mol. The van der Waals surface area contributed by atoms with Crippen LogP contribution in [0.1, 0.15) is 50.7 Å². The van der Waals surface area contributed by atoms with Crippen LogP contribution < -0.4 is 4.74 Å². The highest BCUT2D eigenvalue weighted by molar-refractivity contribution is 5.79. The van der Waals surface area contributed by atoms with Crippen LogP contribution in [0.4, 0.5) is 0 Å². The van der Waals surface area contributed by atoms with E-state index in [1.54, 1.807) is 14.2 Å². The van der Waals surface area contributed by atoms with Crippen molar-refractivity contribution < 1.29 is 28.5 Å². The van der Waals surface area contributed by atoms with Crippen molar-refractivity contribution >= 4 is 11.9 Å². The molecule has 0 radical (unpaired) electrons. The molecule has 0 spiro atoms. The molecule has 0 amide bonds. The number of methoxy groups -OCH3 is 2. The van der Waals surface area contributed by atoms with E-state index in [0.29, 0.717) is 32.1 Å². The minimum absolute atomic E-state index is 0.0554. The summed E-state index contributed by atoms with van der Waals surface area (Å²) in [6, 6.07) is 5.87. The van der Waals surface area contributed by atoms with Gasteiger partial charge in [0, 0.05) is 27.3 Å². The molecule has 0 heterocycles. The molecule has 1 aromatic carbocycles. The number of hydrogen-bond acceptors (Lipinski definition) is 7. The molecule has 0 bridgehead atoms. The number of nitrogens with zero attached hydrogens (tertiary/aromatic N) is 1. The van der Waals surface area contributed by atoms with Crippen LogP contribution in [0.2, 0.25) is 0 Å². The fourth-order valence-electron chi connectivity index (χ4n) is 2.82. The zero-order valence-electron chi connectivity index (χ0n) is 18.5. The van der Waals surface area contributed by atoms with Crippen LogP contribution >= 0.6 is 0 Å². The average molecular weight is 410 g/mol. The minimum Gasteiger partial charge on any atom is -0.453 e. The fraction of sp³-hybridized carbons (Fsp3) is 0.636. The molecule has 1 aromatic rings. The Bertz CT molecular complexity index is 610. The normalized spacial score (nSPS) is 11.3. The van der Waals surface area contributed by atoms with Crippen LogP contribution in [0.25, 0.3) is 0 Å². The average Bonchev–Trinajstić information content (AvgIpc) is 2.68. The van der Waals surface area contributed by atoms with Crippen molar-refractivity contribution in [3.05, 3.63) is 29.3 Å². The molecule has 0 N–H and O–H groups in total. The van der Waals surface area contributed by atoms with Crippen LogP contribution in [-0.4, -0.2) is 70.5 Å². The Morgan fingerprint density at radius 2 is 1.41 bits per heavy atom. The van der Waals surface area contributed by atoms with E-state index in [4.69, 9.17) is 18.9 Å². The van der Waals surface area contributed by atoms with Crippen molar-refractivity contribution in [3.63, 3.8) is 0 Å². The summed E-state index contributed by atoms with van der Waals surface area (Å²) >= 11 is 0. The molecule has 29 heavy (non-hydrogen) atoms. The Labute approximate surface area is 174 Å². The van der Waals surface area contributed by atoms with Gasteiger partial charge in [0.25, 0.3) is 0 Å². The van der Waals surface area contributed by atoms with Crippen molar-refractivity contribution in [1.82, 2.24) is 4.90 Å². The first-order valence-electron chi connectivity index (χ1n) is 9.99. The monoisotopic (exact) mass is 409 g/mol. The van der Waals surface area contributed by atoms with Crippen LogP contribution in [0.15, 0.2) is 18.2 Å². The SMILES string of the molecule is COCCN(CCOC)CC(=O)OCC(=O)Oc1c(C(C)C)cccc1C(C)C. The predicted octanol–water partition coefficient (Wildman–Crippen LogP) is 2.98. The Hall–Kier alpha value is -1.96. The maximum Gasteiger partial charge on any atom is 0.349 e. The minimum atomic E-state index is -0.589. The first-order valence-corrected chi connectivity index (χ1v) is 9.99. The first-order chi connectivity index (χ1) is 13.8. The van der Waals surface area contributed by atoms with Crippen LogP contribution in [0.5, 0.6) is 5.75 Å². The molecule has 0 aliphatic heterocycles. The second-order valence-electron chi connectivity index (χ2n) is 7.47. The number of ether oxygens (including phenoxy) is 4. The van der Waals surface area contributed by atoms with Gasteiger partial charge in [0.1, 0.15) is 5.75 Å². The lowest BCUT2D eigenvalue weighted by Gasteiger charge is -2.21. The van der Waals surface area contributed by atoms with Gasteiger partial charge in [-0.15, -0.1) is 0 Å². The van der Waals surface area contributed by atoms with Gasteiger partial charge in [-0.3, -0.25) is 9.69 Å². The van der Waals surface area contributed by atoms with E-state index in [1.807, 2.05) is 50.8 Å². The molecular formula is C22H35NO6.